The maximum atomic E-state index is 13.0. The van der Waals surface area contributed by atoms with Crippen molar-refractivity contribution in [3.05, 3.63) is 64.7 Å². The van der Waals surface area contributed by atoms with Gasteiger partial charge in [0.25, 0.3) is 0 Å². The molecule has 0 aliphatic carbocycles. The Morgan fingerprint density at radius 1 is 0.909 bits per heavy atom. The molecule has 0 unspecified atom stereocenters. The van der Waals surface area contributed by atoms with Crippen molar-refractivity contribution in [3.63, 3.8) is 0 Å². The van der Waals surface area contributed by atoms with Crippen molar-refractivity contribution in [2.45, 2.75) is 12.6 Å². The number of hydrogen-bond donors (Lipinski definition) is 2. The van der Waals surface area contributed by atoms with E-state index in [0.29, 0.717) is 39.3 Å². The van der Waals surface area contributed by atoms with Crippen molar-refractivity contribution in [2.75, 3.05) is 51.1 Å². The molecule has 2 aromatic carbocycles. The molecule has 0 spiro atoms. The molecule has 33 heavy (non-hydrogen) atoms. The lowest BCUT2D eigenvalue weighted by Crippen LogP contribution is -2.51. The van der Waals surface area contributed by atoms with Crippen molar-refractivity contribution in [3.8, 4) is 0 Å². The number of carbonyl (C=O) groups is 2. The summed E-state index contributed by atoms with van der Waals surface area (Å²) < 4.78 is 38.9. The SMILES string of the molecule is O=C(CN1CCN(CC(=O)Nc2ccc(Cl)c(C(F)(F)F)c2)CC1)NCCc1ccccc1. The van der Waals surface area contributed by atoms with E-state index < -0.39 is 22.7 Å². The van der Waals surface area contributed by atoms with E-state index in [2.05, 4.69) is 10.6 Å². The lowest BCUT2D eigenvalue weighted by Gasteiger charge is -2.33. The molecule has 2 amide bonds. The van der Waals surface area contributed by atoms with Crippen LogP contribution in [-0.2, 0) is 22.2 Å². The van der Waals surface area contributed by atoms with E-state index in [1.54, 1.807) is 0 Å². The minimum absolute atomic E-state index is 0.0414. The van der Waals surface area contributed by atoms with E-state index >= 15 is 0 Å². The summed E-state index contributed by atoms with van der Waals surface area (Å²) in [7, 11) is 0. The Balaban J connectivity index is 1.37. The highest BCUT2D eigenvalue weighted by molar-refractivity contribution is 6.31. The molecule has 178 valence electrons. The van der Waals surface area contributed by atoms with E-state index in [0.717, 1.165) is 24.1 Å². The van der Waals surface area contributed by atoms with Crippen molar-refractivity contribution in [1.29, 1.82) is 0 Å². The molecule has 0 saturated carbocycles. The summed E-state index contributed by atoms with van der Waals surface area (Å²) in [6.45, 7) is 3.33. The largest absolute Gasteiger partial charge is 0.417 e. The molecule has 1 aliphatic rings. The molecule has 2 aromatic rings. The second-order valence-electron chi connectivity index (χ2n) is 7.88. The van der Waals surface area contributed by atoms with Crippen molar-refractivity contribution in [1.82, 2.24) is 15.1 Å². The first-order valence-corrected chi connectivity index (χ1v) is 11.0. The van der Waals surface area contributed by atoms with Gasteiger partial charge in [0.05, 0.1) is 23.7 Å². The van der Waals surface area contributed by atoms with Gasteiger partial charge in [-0.15, -0.1) is 0 Å². The lowest BCUT2D eigenvalue weighted by atomic mass is 10.1. The third-order valence-electron chi connectivity index (χ3n) is 5.33. The van der Waals surface area contributed by atoms with Crippen LogP contribution in [0.1, 0.15) is 11.1 Å². The second kappa shape index (κ2) is 11.5. The van der Waals surface area contributed by atoms with Crippen LogP contribution in [0.25, 0.3) is 0 Å². The third-order valence-corrected chi connectivity index (χ3v) is 5.66. The van der Waals surface area contributed by atoms with E-state index in [9.17, 15) is 22.8 Å². The highest BCUT2D eigenvalue weighted by Gasteiger charge is 2.33. The van der Waals surface area contributed by atoms with Crippen molar-refractivity contribution < 1.29 is 22.8 Å². The molecule has 3 rings (SSSR count). The standard InChI is InChI=1S/C23H26ClF3N4O2/c24-20-7-6-18(14-19(20)23(25,26)27)29-22(33)16-31-12-10-30(11-13-31)15-21(32)28-9-8-17-4-2-1-3-5-17/h1-7,14H,8-13,15-16H2,(H,28,32)(H,29,33). The van der Waals surface area contributed by atoms with Crippen LogP contribution in [-0.4, -0.2) is 67.4 Å². The van der Waals surface area contributed by atoms with E-state index in [-0.39, 0.29) is 18.1 Å². The van der Waals surface area contributed by atoms with Gasteiger partial charge in [-0.3, -0.25) is 19.4 Å². The Hall–Kier alpha value is -2.62. The zero-order chi connectivity index (χ0) is 23.8. The molecular formula is C23H26ClF3N4O2. The fraction of sp³-hybridized carbons (Fsp3) is 0.391. The minimum atomic E-state index is -4.60. The highest BCUT2D eigenvalue weighted by atomic mass is 35.5. The van der Waals surface area contributed by atoms with Crippen LogP contribution < -0.4 is 10.6 Å². The van der Waals surface area contributed by atoms with E-state index in [4.69, 9.17) is 11.6 Å². The number of rotatable bonds is 8. The van der Waals surface area contributed by atoms with Gasteiger partial charge < -0.3 is 10.6 Å². The summed E-state index contributed by atoms with van der Waals surface area (Å²) in [6.07, 6.45) is -3.82. The number of halogens is 4. The summed E-state index contributed by atoms with van der Waals surface area (Å²) in [6, 6.07) is 13.2. The number of benzene rings is 2. The second-order valence-corrected chi connectivity index (χ2v) is 8.29. The Morgan fingerprint density at radius 2 is 1.52 bits per heavy atom. The van der Waals surface area contributed by atoms with Gasteiger partial charge in [-0.1, -0.05) is 41.9 Å². The topological polar surface area (TPSA) is 64.7 Å². The van der Waals surface area contributed by atoms with Gasteiger partial charge in [0.1, 0.15) is 0 Å². The number of alkyl halides is 3. The summed E-state index contributed by atoms with van der Waals surface area (Å²) in [5.74, 6) is -0.446. The molecule has 1 heterocycles. The Labute approximate surface area is 195 Å². The quantitative estimate of drug-likeness (QED) is 0.606. The molecular weight excluding hydrogens is 457 g/mol. The normalized spacial score (nSPS) is 15.3. The number of piperazine rings is 1. The maximum Gasteiger partial charge on any atom is 0.417 e. The summed E-state index contributed by atoms with van der Waals surface area (Å²) in [5, 5.41) is 5.00. The van der Waals surface area contributed by atoms with E-state index in [1.165, 1.54) is 6.07 Å². The lowest BCUT2D eigenvalue weighted by molar-refractivity contribution is -0.137. The molecule has 10 heteroatoms. The molecule has 0 aromatic heterocycles. The molecule has 0 bridgehead atoms. The molecule has 1 fully saturated rings. The Kier molecular flexibility index (Phi) is 8.71. The number of nitrogens with zero attached hydrogens (tertiary/aromatic N) is 2. The van der Waals surface area contributed by atoms with E-state index in [1.807, 2.05) is 40.1 Å². The molecule has 0 atom stereocenters. The zero-order valence-electron chi connectivity index (χ0n) is 18.0. The first-order chi connectivity index (χ1) is 15.7. The molecule has 6 nitrogen and oxygen atoms in total. The maximum absolute atomic E-state index is 13.0. The fourth-order valence-corrected chi connectivity index (χ4v) is 3.80. The zero-order valence-corrected chi connectivity index (χ0v) is 18.8. The van der Waals surface area contributed by atoms with Crippen LogP contribution in [0.5, 0.6) is 0 Å². The summed E-state index contributed by atoms with van der Waals surface area (Å²) >= 11 is 5.60. The van der Waals surface area contributed by atoms with Crippen molar-refractivity contribution >= 4 is 29.1 Å². The van der Waals surface area contributed by atoms with Gasteiger partial charge >= 0.3 is 6.18 Å². The Morgan fingerprint density at radius 3 is 2.12 bits per heavy atom. The van der Waals surface area contributed by atoms with Crippen LogP contribution in [0.2, 0.25) is 5.02 Å². The van der Waals surface area contributed by atoms with Crippen LogP contribution in [0.4, 0.5) is 18.9 Å². The van der Waals surface area contributed by atoms with Crippen LogP contribution in [0.3, 0.4) is 0 Å². The first kappa shape index (κ1) is 25.0. The average molecular weight is 483 g/mol. The third kappa shape index (κ3) is 8.03. The Bertz CT molecular complexity index is 948. The molecule has 0 radical (unpaired) electrons. The predicted molar refractivity (Wildman–Crippen MR) is 121 cm³/mol. The number of nitrogens with one attached hydrogen (secondary N) is 2. The van der Waals surface area contributed by atoms with Crippen LogP contribution in [0, 0.1) is 0 Å². The fourth-order valence-electron chi connectivity index (χ4n) is 3.58. The summed E-state index contributed by atoms with van der Waals surface area (Å²) in [4.78, 5) is 28.4. The molecule has 1 aliphatic heterocycles. The van der Waals surface area contributed by atoms with Crippen LogP contribution in [0.15, 0.2) is 48.5 Å². The van der Waals surface area contributed by atoms with Gasteiger partial charge in [0.2, 0.25) is 11.8 Å². The van der Waals surface area contributed by atoms with Crippen molar-refractivity contribution in [2.24, 2.45) is 0 Å². The first-order valence-electron chi connectivity index (χ1n) is 10.6. The molecule has 2 N–H and O–H groups in total. The minimum Gasteiger partial charge on any atom is -0.355 e. The van der Waals surface area contributed by atoms with Crippen LogP contribution >= 0.6 is 11.6 Å². The van der Waals surface area contributed by atoms with Gasteiger partial charge in [-0.05, 0) is 30.2 Å². The number of anilines is 1. The smallest absolute Gasteiger partial charge is 0.355 e. The highest BCUT2D eigenvalue weighted by Crippen LogP contribution is 2.36. The summed E-state index contributed by atoms with van der Waals surface area (Å²) in [5.41, 5.74) is 0.220. The predicted octanol–water partition coefficient (Wildman–Crippen LogP) is 3.27. The van der Waals surface area contributed by atoms with Gasteiger partial charge in [-0.25, -0.2) is 0 Å². The van der Waals surface area contributed by atoms with Gasteiger partial charge in [-0.2, -0.15) is 13.2 Å². The number of hydrogen-bond acceptors (Lipinski definition) is 4. The number of amides is 2. The van der Waals surface area contributed by atoms with Gasteiger partial charge in [0, 0.05) is 38.4 Å². The van der Waals surface area contributed by atoms with Gasteiger partial charge in [0.15, 0.2) is 0 Å². The number of carbonyl (C=O) groups excluding carboxylic acids is 2. The monoisotopic (exact) mass is 482 g/mol. The average Bonchev–Trinajstić information content (AvgIpc) is 2.76. The molecule has 1 saturated heterocycles.